The molecule has 1 aliphatic heterocycles. The van der Waals surface area contributed by atoms with Gasteiger partial charge in [0.05, 0.1) is 29.9 Å². The molecule has 1 atom stereocenters. The molecule has 1 aromatic heterocycles. The summed E-state index contributed by atoms with van der Waals surface area (Å²) in [6.45, 7) is 1.70. The fourth-order valence-electron chi connectivity index (χ4n) is 4.04. The molecule has 1 fully saturated rings. The van der Waals surface area contributed by atoms with E-state index in [0.29, 0.717) is 37.3 Å². The molecule has 0 spiro atoms. The average Bonchev–Trinajstić information content (AvgIpc) is 2.84. The number of carbonyl (C=O) groups is 1. The minimum absolute atomic E-state index is 0.157. The van der Waals surface area contributed by atoms with Crippen LogP contribution in [0.3, 0.4) is 0 Å². The first-order chi connectivity index (χ1) is 16.3. The Balaban J connectivity index is 1.35. The number of amides is 1. The maximum Gasteiger partial charge on any atom is 0.416 e. The van der Waals surface area contributed by atoms with Gasteiger partial charge in [0.1, 0.15) is 0 Å². The summed E-state index contributed by atoms with van der Waals surface area (Å²) in [5, 5.41) is 7.12. The molecule has 0 bridgehead atoms. The average molecular weight is 470 g/mol. The SMILES string of the molecule is O=C(NCc1ccc(C(F)(F)F)cc1)C1CCCN(c2cnn(Cc3ccccc3)c(=O)c2)C1. The lowest BCUT2D eigenvalue weighted by atomic mass is 9.96. The molecule has 1 saturated heterocycles. The Morgan fingerprint density at radius 2 is 1.79 bits per heavy atom. The Morgan fingerprint density at radius 3 is 2.47 bits per heavy atom. The first-order valence-electron chi connectivity index (χ1n) is 11.1. The number of carbonyl (C=O) groups excluding carboxylic acids is 1. The highest BCUT2D eigenvalue weighted by atomic mass is 19.4. The molecule has 3 aromatic rings. The molecule has 2 aromatic carbocycles. The van der Waals surface area contributed by atoms with Crippen molar-refractivity contribution >= 4 is 11.6 Å². The molecular weight excluding hydrogens is 445 g/mol. The van der Waals surface area contributed by atoms with Gasteiger partial charge < -0.3 is 10.2 Å². The van der Waals surface area contributed by atoms with Crippen molar-refractivity contribution in [1.29, 1.82) is 0 Å². The molecule has 0 radical (unpaired) electrons. The van der Waals surface area contributed by atoms with Gasteiger partial charge in [0.15, 0.2) is 0 Å². The molecular formula is C25H25F3N4O2. The summed E-state index contributed by atoms with van der Waals surface area (Å²) >= 11 is 0. The van der Waals surface area contributed by atoms with Crippen LogP contribution < -0.4 is 15.8 Å². The standard InChI is InChI=1S/C25H25F3N4O2/c26-25(27,28)21-10-8-18(9-11-21)14-29-24(34)20-7-4-12-31(17-20)22-13-23(33)32(30-15-22)16-19-5-2-1-3-6-19/h1-3,5-6,8-11,13,15,20H,4,7,12,14,16-17H2,(H,29,34). The molecule has 1 aliphatic rings. The number of rotatable bonds is 6. The van der Waals surface area contributed by atoms with E-state index in [1.165, 1.54) is 16.8 Å². The van der Waals surface area contributed by atoms with Crippen LogP contribution in [0.2, 0.25) is 0 Å². The third-order valence-corrected chi connectivity index (χ3v) is 5.94. The quantitative estimate of drug-likeness (QED) is 0.595. The Hall–Kier alpha value is -3.62. The molecule has 34 heavy (non-hydrogen) atoms. The highest BCUT2D eigenvalue weighted by Crippen LogP contribution is 2.29. The minimum Gasteiger partial charge on any atom is -0.369 e. The van der Waals surface area contributed by atoms with Crippen LogP contribution in [0.5, 0.6) is 0 Å². The van der Waals surface area contributed by atoms with E-state index in [-0.39, 0.29) is 23.9 Å². The fourth-order valence-corrected chi connectivity index (χ4v) is 4.04. The van der Waals surface area contributed by atoms with Crippen LogP contribution in [0, 0.1) is 5.92 Å². The summed E-state index contributed by atoms with van der Waals surface area (Å²) in [5.74, 6) is -0.440. The summed E-state index contributed by atoms with van der Waals surface area (Å²) in [6.07, 6.45) is -1.25. The van der Waals surface area contributed by atoms with E-state index in [4.69, 9.17) is 0 Å². The molecule has 0 aliphatic carbocycles. The number of nitrogens with one attached hydrogen (secondary N) is 1. The number of nitrogens with zero attached hydrogens (tertiary/aromatic N) is 3. The van der Waals surface area contributed by atoms with Gasteiger partial charge in [-0.25, -0.2) is 4.68 Å². The second kappa shape index (κ2) is 10.1. The third kappa shape index (κ3) is 5.84. The molecule has 1 amide bonds. The van der Waals surface area contributed by atoms with E-state index < -0.39 is 11.7 Å². The summed E-state index contributed by atoms with van der Waals surface area (Å²) in [4.78, 5) is 27.3. The van der Waals surface area contributed by atoms with Crippen LogP contribution >= 0.6 is 0 Å². The number of alkyl halides is 3. The van der Waals surface area contributed by atoms with Crippen LogP contribution in [0.4, 0.5) is 18.9 Å². The highest BCUT2D eigenvalue weighted by Gasteiger charge is 2.30. The topological polar surface area (TPSA) is 67.2 Å². The van der Waals surface area contributed by atoms with Gasteiger partial charge in [-0.1, -0.05) is 42.5 Å². The monoisotopic (exact) mass is 470 g/mol. The van der Waals surface area contributed by atoms with Crippen molar-refractivity contribution in [3.05, 3.63) is 93.9 Å². The van der Waals surface area contributed by atoms with Crippen molar-refractivity contribution in [2.24, 2.45) is 5.92 Å². The zero-order chi connectivity index (χ0) is 24.1. The van der Waals surface area contributed by atoms with Crippen LogP contribution in [0.25, 0.3) is 0 Å². The van der Waals surface area contributed by atoms with Crippen LogP contribution in [0.15, 0.2) is 71.7 Å². The summed E-state index contributed by atoms with van der Waals surface area (Å²) in [5.41, 5.74) is 1.32. The van der Waals surface area contributed by atoms with Crippen molar-refractivity contribution in [2.75, 3.05) is 18.0 Å². The van der Waals surface area contributed by atoms with Crippen molar-refractivity contribution in [3.8, 4) is 0 Å². The smallest absolute Gasteiger partial charge is 0.369 e. The normalized spacial score (nSPS) is 16.3. The molecule has 9 heteroatoms. The second-order valence-electron chi connectivity index (χ2n) is 8.39. The Labute approximate surface area is 195 Å². The lowest BCUT2D eigenvalue weighted by molar-refractivity contribution is -0.137. The van der Waals surface area contributed by atoms with Gasteiger partial charge in [-0.15, -0.1) is 0 Å². The predicted molar refractivity (Wildman–Crippen MR) is 122 cm³/mol. The van der Waals surface area contributed by atoms with Gasteiger partial charge in [-0.3, -0.25) is 9.59 Å². The number of piperidine rings is 1. The van der Waals surface area contributed by atoms with Crippen LogP contribution in [-0.2, 0) is 24.1 Å². The molecule has 4 rings (SSSR count). The lowest BCUT2D eigenvalue weighted by Gasteiger charge is -2.33. The fraction of sp³-hybridized carbons (Fsp3) is 0.320. The number of halogens is 3. The third-order valence-electron chi connectivity index (χ3n) is 5.94. The zero-order valence-electron chi connectivity index (χ0n) is 18.5. The first-order valence-corrected chi connectivity index (χ1v) is 11.1. The van der Waals surface area contributed by atoms with E-state index in [2.05, 4.69) is 10.4 Å². The van der Waals surface area contributed by atoms with Crippen LogP contribution in [-0.4, -0.2) is 28.8 Å². The molecule has 178 valence electrons. The van der Waals surface area contributed by atoms with E-state index in [9.17, 15) is 22.8 Å². The number of aromatic nitrogens is 2. The van der Waals surface area contributed by atoms with Gasteiger partial charge in [0.2, 0.25) is 5.91 Å². The number of anilines is 1. The first kappa shape index (κ1) is 23.5. The van der Waals surface area contributed by atoms with Gasteiger partial charge in [0.25, 0.3) is 5.56 Å². The van der Waals surface area contributed by atoms with E-state index in [0.717, 1.165) is 24.1 Å². The van der Waals surface area contributed by atoms with Gasteiger partial charge in [0, 0.05) is 25.7 Å². The van der Waals surface area contributed by atoms with Crippen molar-refractivity contribution < 1.29 is 18.0 Å². The van der Waals surface area contributed by atoms with Crippen molar-refractivity contribution in [2.45, 2.75) is 32.1 Å². The summed E-state index contributed by atoms with van der Waals surface area (Å²) < 4.78 is 39.5. The predicted octanol–water partition coefficient (Wildman–Crippen LogP) is 3.84. The molecule has 1 unspecified atom stereocenters. The van der Waals surface area contributed by atoms with Gasteiger partial charge in [-0.05, 0) is 36.1 Å². The molecule has 1 N–H and O–H groups in total. The molecule has 0 saturated carbocycles. The maximum absolute atomic E-state index is 12.7. The zero-order valence-corrected chi connectivity index (χ0v) is 18.5. The molecule has 6 nitrogen and oxygen atoms in total. The minimum atomic E-state index is -4.38. The number of benzene rings is 2. The van der Waals surface area contributed by atoms with Crippen LogP contribution in [0.1, 0.15) is 29.5 Å². The Morgan fingerprint density at radius 1 is 1.06 bits per heavy atom. The maximum atomic E-state index is 12.7. The summed E-state index contributed by atoms with van der Waals surface area (Å²) in [6, 6.07) is 15.9. The highest BCUT2D eigenvalue weighted by molar-refractivity contribution is 5.79. The van der Waals surface area contributed by atoms with E-state index in [1.54, 1.807) is 12.3 Å². The van der Waals surface area contributed by atoms with Crippen molar-refractivity contribution in [1.82, 2.24) is 15.1 Å². The number of hydrogen-bond donors (Lipinski definition) is 1. The van der Waals surface area contributed by atoms with E-state index in [1.807, 2.05) is 35.2 Å². The largest absolute Gasteiger partial charge is 0.416 e. The van der Waals surface area contributed by atoms with Gasteiger partial charge in [-0.2, -0.15) is 18.3 Å². The molecule has 2 heterocycles. The summed E-state index contributed by atoms with van der Waals surface area (Å²) in [7, 11) is 0. The number of hydrogen-bond acceptors (Lipinski definition) is 4. The Bertz CT molecular complexity index is 1180. The van der Waals surface area contributed by atoms with E-state index >= 15 is 0 Å². The van der Waals surface area contributed by atoms with Gasteiger partial charge >= 0.3 is 6.18 Å². The second-order valence-corrected chi connectivity index (χ2v) is 8.39. The Kier molecular flexibility index (Phi) is 7.00. The lowest BCUT2D eigenvalue weighted by Crippen LogP contribution is -2.43. The van der Waals surface area contributed by atoms with Crippen molar-refractivity contribution in [3.63, 3.8) is 0 Å².